The molecule has 1 aliphatic carbocycles. The highest BCUT2D eigenvalue weighted by molar-refractivity contribution is 5.85. The number of hydrogen-bond acceptors (Lipinski definition) is 3. The minimum absolute atomic E-state index is 0.386. The van der Waals surface area contributed by atoms with Crippen molar-refractivity contribution in [1.82, 2.24) is 0 Å². The van der Waals surface area contributed by atoms with Crippen molar-refractivity contribution in [1.29, 1.82) is 0 Å². The number of anilines is 1. The molecule has 0 heterocycles. The predicted octanol–water partition coefficient (Wildman–Crippen LogP) is 2.79. The van der Waals surface area contributed by atoms with Gasteiger partial charge in [0.2, 0.25) is 0 Å². The second-order valence-electron chi connectivity index (χ2n) is 5.35. The molecule has 0 radical (unpaired) electrons. The number of benzene rings is 1. The minimum atomic E-state index is -1.05. The summed E-state index contributed by atoms with van der Waals surface area (Å²) in [6.07, 6.45) is 4.90. The van der Waals surface area contributed by atoms with Gasteiger partial charge in [0.25, 0.3) is 0 Å². The van der Waals surface area contributed by atoms with Gasteiger partial charge in [0.15, 0.2) is 0 Å². The third-order valence-electron chi connectivity index (χ3n) is 3.39. The molecule has 21 heavy (non-hydrogen) atoms. The molecule has 5 heteroatoms. The standard InChI is InChI=1S/C16H20FNO3/c1-18(6-7-21-11-12-2-3-12)15-9-13(4-5-16(19)20)8-14(17)10-15/h4-5,8-10,12H,2-3,6-7,11H2,1H3,(H,19,20)/b5-4+. The van der Waals surface area contributed by atoms with Gasteiger partial charge in [-0.05, 0) is 48.6 Å². The zero-order chi connectivity index (χ0) is 15.2. The number of carboxylic acids is 1. The summed E-state index contributed by atoms with van der Waals surface area (Å²) < 4.78 is 19.1. The van der Waals surface area contributed by atoms with Crippen LogP contribution in [0.2, 0.25) is 0 Å². The summed E-state index contributed by atoms with van der Waals surface area (Å²) in [5.74, 6) is -0.705. The van der Waals surface area contributed by atoms with Crippen LogP contribution in [0.3, 0.4) is 0 Å². The lowest BCUT2D eigenvalue weighted by Gasteiger charge is -2.20. The van der Waals surface area contributed by atoms with Crippen LogP contribution in [0, 0.1) is 11.7 Å². The van der Waals surface area contributed by atoms with Crippen LogP contribution in [0.1, 0.15) is 18.4 Å². The van der Waals surface area contributed by atoms with E-state index >= 15 is 0 Å². The zero-order valence-electron chi connectivity index (χ0n) is 12.1. The summed E-state index contributed by atoms with van der Waals surface area (Å²) in [6, 6.07) is 4.49. The third kappa shape index (κ3) is 5.55. The van der Waals surface area contributed by atoms with Crippen LogP contribution < -0.4 is 4.90 Å². The van der Waals surface area contributed by atoms with E-state index in [-0.39, 0.29) is 5.82 Å². The molecule has 0 aliphatic heterocycles. The topological polar surface area (TPSA) is 49.8 Å². The molecule has 0 amide bonds. The maximum Gasteiger partial charge on any atom is 0.328 e. The van der Waals surface area contributed by atoms with Crippen molar-refractivity contribution in [2.75, 3.05) is 31.7 Å². The molecule has 2 rings (SSSR count). The second kappa shape index (κ2) is 7.22. The summed E-state index contributed by atoms with van der Waals surface area (Å²) in [6.45, 7) is 2.08. The van der Waals surface area contributed by atoms with Crippen LogP contribution in [0.25, 0.3) is 6.08 Å². The van der Waals surface area contributed by atoms with Crippen LogP contribution >= 0.6 is 0 Å². The minimum Gasteiger partial charge on any atom is -0.478 e. The van der Waals surface area contributed by atoms with Crippen molar-refractivity contribution >= 4 is 17.7 Å². The molecule has 0 atom stereocenters. The molecule has 1 saturated carbocycles. The van der Waals surface area contributed by atoms with Crippen molar-refractivity contribution in [2.45, 2.75) is 12.8 Å². The van der Waals surface area contributed by atoms with Gasteiger partial charge < -0.3 is 14.7 Å². The van der Waals surface area contributed by atoms with E-state index < -0.39 is 5.97 Å². The van der Waals surface area contributed by atoms with Gasteiger partial charge in [-0.2, -0.15) is 0 Å². The molecule has 1 fully saturated rings. The predicted molar refractivity (Wildman–Crippen MR) is 79.9 cm³/mol. The van der Waals surface area contributed by atoms with E-state index in [1.807, 2.05) is 11.9 Å². The van der Waals surface area contributed by atoms with E-state index in [9.17, 15) is 9.18 Å². The summed E-state index contributed by atoms with van der Waals surface area (Å²) in [5.41, 5.74) is 1.23. The number of halogens is 1. The maximum absolute atomic E-state index is 13.6. The van der Waals surface area contributed by atoms with Gasteiger partial charge in [-0.1, -0.05) is 0 Å². The Morgan fingerprint density at radius 3 is 2.90 bits per heavy atom. The zero-order valence-corrected chi connectivity index (χ0v) is 12.1. The number of carbonyl (C=O) groups is 1. The number of nitrogens with zero attached hydrogens (tertiary/aromatic N) is 1. The van der Waals surface area contributed by atoms with Crippen molar-refractivity contribution < 1.29 is 19.0 Å². The van der Waals surface area contributed by atoms with Crippen LogP contribution in [-0.4, -0.2) is 37.9 Å². The fourth-order valence-electron chi connectivity index (χ4n) is 1.95. The van der Waals surface area contributed by atoms with Gasteiger partial charge in [-0.15, -0.1) is 0 Å². The van der Waals surface area contributed by atoms with Gasteiger partial charge in [0.1, 0.15) is 5.82 Å². The summed E-state index contributed by atoms with van der Waals surface area (Å²) in [4.78, 5) is 12.4. The Kier molecular flexibility index (Phi) is 5.33. The quantitative estimate of drug-likeness (QED) is 0.591. The van der Waals surface area contributed by atoms with E-state index in [2.05, 4.69) is 0 Å². The third-order valence-corrected chi connectivity index (χ3v) is 3.39. The molecular weight excluding hydrogens is 273 g/mol. The van der Waals surface area contributed by atoms with E-state index in [4.69, 9.17) is 9.84 Å². The van der Waals surface area contributed by atoms with E-state index in [1.54, 1.807) is 6.07 Å². The Morgan fingerprint density at radius 1 is 1.48 bits per heavy atom. The lowest BCUT2D eigenvalue weighted by Crippen LogP contribution is -2.23. The first kappa shape index (κ1) is 15.5. The van der Waals surface area contributed by atoms with Crippen molar-refractivity contribution in [3.05, 3.63) is 35.7 Å². The lowest BCUT2D eigenvalue weighted by molar-refractivity contribution is -0.131. The normalized spacial score (nSPS) is 14.6. The molecule has 0 bridgehead atoms. The Morgan fingerprint density at radius 2 is 2.24 bits per heavy atom. The average molecular weight is 293 g/mol. The van der Waals surface area contributed by atoms with E-state index in [0.717, 1.165) is 18.6 Å². The average Bonchev–Trinajstić information content (AvgIpc) is 3.24. The van der Waals surface area contributed by atoms with Crippen LogP contribution in [0.5, 0.6) is 0 Å². The molecule has 1 aromatic rings. The maximum atomic E-state index is 13.6. The number of likely N-dealkylation sites (N-methyl/N-ethyl adjacent to an activating group) is 1. The highest BCUT2D eigenvalue weighted by atomic mass is 19.1. The summed E-state index contributed by atoms with van der Waals surface area (Å²) in [7, 11) is 1.86. The summed E-state index contributed by atoms with van der Waals surface area (Å²) >= 11 is 0. The Bertz CT molecular complexity index is 526. The monoisotopic (exact) mass is 293 g/mol. The van der Waals surface area contributed by atoms with Crippen LogP contribution in [0.15, 0.2) is 24.3 Å². The molecule has 1 aliphatic rings. The number of carboxylic acid groups (broad SMARTS) is 1. The fraction of sp³-hybridized carbons (Fsp3) is 0.438. The first-order valence-corrected chi connectivity index (χ1v) is 7.05. The van der Waals surface area contributed by atoms with Crippen molar-refractivity contribution in [2.24, 2.45) is 5.92 Å². The Labute approximate surface area is 123 Å². The molecule has 0 aromatic heterocycles. The highest BCUT2D eigenvalue weighted by Gasteiger charge is 2.20. The second-order valence-corrected chi connectivity index (χ2v) is 5.35. The first-order valence-electron chi connectivity index (χ1n) is 7.05. The smallest absolute Gasteiger partial charge is 0.328 e. The molecule has 0 spiro atoms. The molecule has 0 unspecified atom stereocenters. The van der Waals surface area contributed by atoms with Gasteiger partial charge >= 0.3 is 5.97 Å². The van der Waals surface area contributed by atoms with E-state index in [1.165, 1.54) is 31.1 Å². The largest absolute Gasteiger partial charge is 0.478 e. The van der Waals surface area contributed by atoms with Crippen molar-refractivity contribution in [3.63, 3.8) is 0 Å². The van der Waals surface area contributed by atoms with Gasteiger partial charge in [-0.3, -0.25) is 0 Å². The molecule has 114 valence electrons. The molecule has 1 aromatic carbocycles. The summed E-state index contributed by atoms with van der Waals surface area (Å²) in [5, 5.41) is 8.61. The molecule has 0 saturated heterocycles. The molecule has 4 nitrogen and oxygen atoms in total. The number of rotatable bonds is 8. The number of aliphatic carboxylic acids is 1. The fourth-order valence-corrected chi connectivity index (χ4v) is 1.95. The Balaban J connectivity index is 1.91. The first-order chi connectivity index (χ1) is 10.0. The molecular formula is C16H20FNO3. The van der Waals surface area contributed by atoms with Crippen LogP contribution in [-0.2, 0) is 9.53 Å². The number of ether oxygens (including phenoxy) is 1. The van der Waals surface area contributed by atoms with Crippen LogP contribution in [0.4, 0.5) is 10.1 Å². The Hall–Kier alpha value is -1.88. The SMILES string of the molecule is CN(CCOCC1CC1)c1cc(F)cc(/C=C/C(=O)O)c1. The van der Waals surface area contributed by atoms with Gasteiger partial charge in [-0.25, -0.2) is 9.18 Å². The van der Waals surface area contributed by atoms with E-state index in [0.29, 0.717) is 24.4 Å². The highest BCUT2D eigenvalue weighted by Crippen LogP contribution is 2.28. The molecule has 1 N–H and O–H groups in total. The number of hydrogen-bond donors (Lipinski definition) is 1. The van der Waals surface area contributed by atoms with Crippen molar-refractivity contribution in [3.8, 4) is 0 Å². The van der Waals surface area contributed by atoms with Gasteiger partial charge in [0, 0.05) is 32.0 Å². The van der Waals surface area contributed by atoms with Gasteiger partial charge in [0.05, 0.1) is 6.61 Å². The lowest BCUT2D eigenvalue weighted by atomic mass is 10.1.